The average molecular weight is 1070 g/mol. The Kier molecular flexibility index (Phi) is 25.3. The third-order valence-corrected chi connectivity index (χ3v) is 13.8. The number of likely N-dealkylation sites (N-methyl/N-ethyl adjacent to an activating group) is 1. The molecule has 1 aromatic carbocycles. The molecule has 76 heavy (non-hydrogen) atoms. The van der Waals surface area contributed by atoms with Gasteiger partial charge in [0.05, 0.1) is 37.4 Å². The maximum absolute atomic E-state index is 14.6. The highest BCUT2D eigenvalue weighted by molar-refractivity contribution is 5.92. The van der Waals surface area contributed by atoms with Gasteiger partial charge in [0.1, 0.15) is 30.5 Å². The van der Waals surface area contributed by atoms with Crippen LogP contribution in [0.5, 0.6) is 0 Å². The highest BCUT2D eigenvalue weighted by atomic mass is 16.7. The van der Waals surface area contributed by atoms with Gasteiger partial charge in [-0.05, 0) is 90.8 Å². The van der Waals surface area contributed by atoms with E-state index >= 15 is 0 Å². The normalized spacial score (nSPS) is 34.2. The number of hydrogen-bond donors (Lipinski definition) is 0. The third-order valence-electron chi connectivity index (χ3n) is 13.8. The maximum atomic E-state index is 14.6. The van der Waals surface area contributed by atoms with Crippen LogP contribution in [0.4, 0.5) is 0 Å². The van der Waals surface area contributed by atoms with Crippen molar-refractivity contribution in [1.82, 2.24) is 4.90 Å². The summed E-state index contributed by atoms with van der Waals surface area (Å²) in [5.74, 6) is -6.60. The number of methoxy groups -OCH3 is 2. The Labute approximate surface area is 447 Å². The number of nitrogens with zero attached hydrogens (tertiary/aromatic N) is 1. The SMILES string of the molecule is CC[C@H]1OC(=O)C[C@@H](OC(=O)/C=C/c2ccccc2)[C@H](C)[C@@H](O[C@H]2O[C@@H](C)[C@H](OC(C)=O)[C@@H](N(C)C)[C@@H]2OC(C)=O)[C@@H](C/C=C/C(C)=O)C[C@@H](C)C(=O)/C=C/C(C)=C/[C@@H]1CO[C@@H]1O[C@H](C)[C@@H](OC(C)=O)[C@@H](OC)[C@H]1OC. The molecule has 0 unspecified atom stereocenters. The maximum Gasteiger partial charge on any atom is 0.331 e. The zero-order chi connectivity index (χ0) is 56.4. The summed E-state index contributed by atoms with van der Waals surface area (Å²) in [5, 5.41) is 0. The van der Waals surface area contributed by atoms with Crippen LogP contribution >= 0.6 is 0 Å². The zero-order valence-corrected chi connectivity index (χ0v) is 46.6. The first-order valence-electron chi connectivity index (χ1n) is 26.0. The van der Waals surface area contributed by atoms with Crippen molar-refractivity contribution in [1.29, 1.82) is 0 Å². The Balaban J connectivity index is 1.87. The summed E-state index contributed by atoms with van der Waals surface area (Å²) in [4.78, 5) is 94.4. The van der Waals surface area contributed by atoms with Gasteiger partial charge in [0, 0.05) is 58.8 Å². The monoisotopic (exact) mass is 1070 g/mol. The zero-order valence-electron chi connectivity index (χ0n) is 46.6. The minimum Gasteiger partial charge on any atom is -0.462 e. The first kappa shape index (κ1) is 63.1. The van der Waals surface area contributed by atoms with Crippen molar-refractivity contribution in [2.24, 2.45) is 23.7 Å². The van der Waals surface area contributed by atoms with E-state index in [1.54, 1.807) is 71.8 Å². The lowest BCUT2D eigenvalue weighted by Gasteiger charge is -2.48. The molecule has 0 bridgehead atoms. The van der Waals surface area contributed by atoms with Gasteiger partial charge in [-0.2, -0.15) is 0 Å². The molecule has 0 radical (unpaired) electrons. The molecule has 19 heteroatoms. The van der Waals surface area contributed by atoms with Crippen LogP contribution in [0.2, 0.25) is 0 Å². The Morgan fingerprint density at radius 1 is 0.737 bits per heavy atom. The summed E-state index contributed by atoms with van der Waals surface area (Å²) < 4.78 is 67.6. The largest absolute Gasteiger partial charge is 0.462 e. The minimum atomic E-state index is -1.35. The summed E-state index contributed by atoms with van der Waals surface area (Å²) in [6, 6.07) is 8.30. The summed E-state index contributed by atoms with van der Waals surface area (Å²) in [5.41, 5.74) is 1.37. The lowest BCUT2D eigenvalue weighted by atomic mass is 9.79. The summed E-state index contributed by atoms with van der Waals surface area (Å²) >= 11 is 0. The van der Waals surface area contributed by atoms with Gasteiger partial charge >= 0.3 is 29.8 Å². The van der Waals surface area contributed by atoms with Crippen LogP contribution in [-0.4, -0.2) is 161 Å². The van der Waals surface area contributed by atoms with Crippen LogP contribution in [0, 0.1) is 23.7 Å². The molecule has 0 aliphatic carbocycles. The molecular weight excluding hydrogens is 987 g/mol. The molecule has 2 saturated heterocycles. The number of carbonyl (C=O) groups excluding carboxylic acids is 7. The number of ether oxygens (including phenoxy) is 11. The fraction of sp³-hybridized carbons (Fsp3) is 0.632. The Bertz CT molecular complexity index is 2220. The van der Waals surface area contributed by atoms with Gasteiger partial charge in [0.15, 0.2) is 36.4 Å². The van der Waals surface area contributed by atoms with E-state index in [9.17, 15) is 33.6 Å². The van der Waals surface area contributed by atoms with E-state index in [4.69, 9.17) is 52.1 Å². The van der Waals surface area contributed by atoms with Crippen molar-refractivity contribution in [3.05, 3.63) is 77.9 Å². The lowest BCUT2D eigenvalue weighted by Crippen LogP contribution is -2.65. The van der Waals surface area contributed by atoms with Crippen molar-refractivity contribution in [3.63, 3.8) is 0 Å². The van der Waals surface area contributed by atoms with E-state index < -0.39 is 140 Å². The molecule has 0 saturated carbocycles. The number of esters is 5. The highest BCUT2D eigenvalue weighted by Gasteiger charge is 2.52. The topological polar surface area (TPSA) is 224 Å². The molecule has 422 valence electrons. The first-order valence-corrected chi connectivity index (χ1v) is 26.0. The van der Waals surface area contributed by atoms with Gasteiger partial charge in [-0.1, -0.05) is 74.9 Å². The summed E-state index contributed by atoms with van der Waals surface area (Å²) in [6.07, 6.45) is -0.476. The number of rotatable bonds is 18. The van der Waals surface area contributed by atoms with Crippen LogP contribution in [0.25, 0.3) is 6.08 Å². The molecule has 0 spiro atoms. The molecule has 3 aliphatic rings. The molecular formula is C57H81NO18. The summed E-state index contributed by atoms with van der Waals surface area (Å²) in [7, 11) is 6.39. The standard InChI is InChI=1S/C57H81NO18/c1-15-45-43(31-68-56-55(67-14)54(66-13)52(37(7)69-56)72-39(9)61)28-32(2)24-26-44(63)33(3)29-42(23-19-20-34(4)59)50(35(5)46(30-48(65)74-45)75-47(64)27-25-41-21-17-16-18-22-41)76-57-53(73-40(10)62)49(58(11)12)51(36(6)70-57)71-38(8)60/h16-22,24-28,33,35-37,42-43,45-46,49-57H,15,23,29-31H2,1-14H3/b20-19+,26-24+,27-25+,32-28+/t33-,35+,36+,37-,42+,43-,45-,46-,49-,50-,51+,52-,53+,54-,55-,56-,57-/m1/s1. The van der Waals surface area contributed by atoms with Crippen molar-refractivity contribution < 1.29 is 85.7 Å². The average Bonchev–Trinajstić information content (AvgIpc) is 3.35. The predicted molar refractivity (Wildman–Crippen MR) is 278 cm³/mol. The molecule has 4 rings (SSSR count). The predicted octanol–water partition coefficient (Wildman–Crippen LogP) is 6.49. The minimum absolute atomic E-state index is 0.0761. The Hall–Kier alpha value is -5.41. The third kappa shape index (κ3) is 18.7. The molecule has 17 atom stereocenters. The second-order valence-electron chi connectivity index (χ2n) is 20.1. The number of allylic oxidation sites excluding steroid dienone is 5. The Morgan fingerprint density at radius 3 is 1.93 bits per heavy atom. The molecule has 0 N–H and O–H groups in total. The van der Waals surface area contributed by atoms with Gasteiger partial charge < -0.3 is 52.1 Å². The Morgan fingerprint density at radius 2 is 1.34 bits per heavy atom. The van der Waals surface area contributed by atoms with E-state index in [0.29, 0.717) is 17.6 Å². The number of hydrogen-bond acceptors (Lipinski definition) is 19. The highest BCUT2D eigenvalue weighted by Crippen LogP contribution is 2.38. The number of carbonyl (C=O) groups is 7. The van der Waals surface area contributed by atoms with E-state index in [1.165, 1.54) is 60.1 Å². The van der Waals surface area contributed by atoms with Gasteiger partial charge in [-0.15, -0.1) is 0 Å². The smallest absolute Gasteiger partial charge is 0.331 e. The fourth-order valence-electron chi connectivity index (χ4n) is 10.1. The number of cyclic esters (lactones) is 1. The van der Waals surface area contributed by atoms with Gasteiger partial charge in [-0.3, -0.25) is 33.7 Å². The van der Waals surface area contributed by atoms with Crippen molar-refractivity contribution in [3.8, 4) is 0 Å². The van der Waals surface area contributed by atoms with E-state index in [0.717, 1.165) is 0 Å². The van der Waals surface area contributed by atoms with Crippen molar-refractivity contribution in [2.75, 3.05) is 34.9 Å². The number of benzene rings is 1. The van der Waals surface area contributed by atoms with Crippen LogP contribution in [-0.2, 0) is 85.7 Å². The molecule has 3 aliphatic heterocycles. The van der Waals surface area contributed by atoms with E-state index in [1.807, 2.05) is 43.3 Å². The van der Waals surface area contributed by atoms with Crippen LogP contribution in [0.15, 0.2) is 72.4 Å². The van der Waals surface area contributed by atoms with Crippen LogP contribution in [0.1, 0.15) is 100 Å². The molecule has 3 heterocycles. The van der Waals surface area contributed by atoms with Gasteiger partial charge in [0.2, 0.25) is 0 Å². The quantitative estimate of drug-likeness (QED) is 0.0871. The second kappa shape index (κ2) is 30.5. The fourth-order valence-corrected chi connectivity index (χ4v) is 10.1. The second-order valence-corrected chi connectivity index (χ2v) is 20.1. The lowest BCUT2D eigenvalue weighted by molar-refractivity contribution is -0.308. The van der Waals surface area contributed by atoms with Gasteiger partial charge in [-0.25, -0.2) is 4.79 Å². The van der Waals surface area contributed by atoms with Gasteiger partial charge in [0.25, 0.3) is 0 Å². The molecule has 1 aromatic rings. The summed E-state index contributed by atoms with van der Waals surface area (Å²) in [6.45, 7) is 15.7. The van der Waals surface area contributed by atoms with E-state index in [-0.39, 0.29) is 31.0 Å². The van der Waals surface area contributed by atoms with E-state index in [2.05, 4.69) is 0 Å². The van der Waals surface area contributed by atoms with Crippen LogP contribution in [0.3, 0.4) is 0 Å². The van der Waals surface area contributed by atoms with Crippen molar-refractivity contribution >= 4 is 47.5 Å². The molecule has 0 aromatic heterocycles. The van der Waals surface area contributed by atoms with Crippen molar-refractivity contribution in [2.45, 2.75) is 175 Å². The first-order chi connectivity index (χ1) is 36.0. The van der Waals surface area contributed by atoms with Crippen LogP contribution < -0.4 is 0 Å². The molecule has 19 nitrogen and oxygen atoms in total. The number of ketones is 2. The molecule has 2 fully saturated rings. The molecule has 0 amide bonds.